The second kappa shape index (κ2) is 7.74. The van der Waals surface area contributed by atoms with Crippen molar-refractivity contribution in [2.45, 2.75) is 25.8 Å². The first-order chi connectivity index (χ1) is 10.2. The minimum atomic E-state index is 0.00695. The van der Waals surface area contributed by atoms with Gasteiger partial charge in [-0.05, 0) is 18.1 Å². The largest absolute Gasteiger partial charge is 0.335 e. The molecule has 1 aromatic carbocycles. The minimum absolute atomic E-state index is 0.00695. The molecule has 110 valence electrons. The molecule has 1 atom stereocenters. The van der Waals surface area contributed by atoms with Crippen molar-refractivity contribution in [1.29, 1.82) is 0 Å². The Morgan fingerprint density at radius 1 is 1.38 bits per heavy atom. The molecule has 2 aromatic rings. The number of nitrogens with zero attached hydrogens (tertiary/aromatic N) is 2. The molecule has 0 spiro atoms. The average Bonchev–Trinajstić information content (AvgIpc) is 3.04. The van der Waals surface area contributed by atoms with Crippen LogP contribution in [0.1, 0.15) is 36.4 Å². The molecule has 2 rings (SSSR count). The van der Waals surface area contributed by atoms with Gasteiger partial charge in [-0.15, -0.1) is 11.3 Å². The second-order valence-electron chi connectivity index (χ2n) is 4.87. The van der Waals surface area contributed by atoms with Crippen LogP contribution in [0.15, 0.2) is 48.0 Å². The summed E-state index contributed by atoms with van der Waals surface area (Å²) in [5.74, 6) is 0.00695. The Hall–Kier alpha value is -1.94. The lowest BCUT2D eigenvalue weighted by Gasteiger charge is -2.27. The summed E-state index contributed by atoms with van der Waals surface area (Å²) < 4.78 is 0. The van der Waals surface area contributed by atoms with Crippen LogP contribution in [-0.2, 0) is 4.79 Å². The van der Waals surface area contributed by atoms with Crippen molar-refractivity contribution in [2.75, 3.05) is 7.05 Å². The SMILES string of the molecule is CCCC(c1ccccc1)N(C)C(=O)/C=C/c1nccs1. The number of aromatic nitrogens is 1. The number of benzene rings is 1. The van der Waals surface area contributed by atoms with Gasteiger partial charge in [0.05, 0.1) is 6.04 Å². The van der Waals surface area contributed by atoms with Crippen molar-refractivity contribution in [3.8, 4) is 0 Å². The monoisotopic (exact) mass is 300 g/mol. The molecule has 1 heterocycles. The lowest BCUT2D eigenvalue weighted by Crippen LogP contribution is -2.29. The number of carbonyl (C=O) groups is 1. The second-order valence-corrected chi connectivity index (χ2v) is 5.79. The first-order valence-electron chi connectivity index (χ1n) is 7.11. The van der Waals surface area contributed by atoms with Crippen LogP contribution in [0.5, 0.6) is 0 Å². The summed E-state index contributed by atoms with van der Waals surface area (Å²) in [4.78, 5) is 18.3. The molecular weight excluding hydrogens is 280 g/mol. The number of amides is 1. The zero-order valence-electron chi connectivity index (χ0n) is 12.4. The number of likely N-dealkylation sites (N-methyl/N-ethyl adjacent to an activating group) is 1. The van der Waals surface area contributed by atoms with Gasteiger partial charge < -0.3 is 4.90 Å². The predicted molar refractivity (Wildman–Crippen MR) is 88.0 cm³/mol. The van der Waals surface area contributed by atoms with E-state index < -0.39 is 0 Å². The summed E-state index contributed by atoms with van der Waals surface area (Å²) in [6, 6.07) is 10.3. The van der Waals surface area contributed by atoms with Gasteiger partial charge in [0, 0.05) is 24.7 Å². The Labute approximate surface area is 129 Å². The molecule has 0 aliphatic carbocycles. The highest BCUT2D eigenvalue weighted by Crippen LogP contribution is 2.24. The van der Waals surface area contributed by atoms with Gasteiger partial charge in [-0.3, -0.25) is 4.79 Å². The van der Waals surface area contributed by atoms with Crippen molar-refractivity contribution in [1.82, 2.24) is 9.88 Å². The summed E-state index contributed by atoms with van der Waals surface area (Å²) in [6.45, 7) is 2.14. The van der Waals surface area contributed by atoms with E-state index in [-0.39, 0.29) is 11.9 Å². The van der Waals surface area contributed by atoms with Crippen molar-refractivity contribution in [2.24, 2.45) is 0 Å². The lowest BCUT2D eigenvalue weighted by atomic mass is 10.0. The van der Waals surface area contributed by atoms with Crippen LogP contribution in [0, 0.1) is 0 Å². The minimum Gasteiger partial charge on any atom is -0.335 e. The van der Waals surface area contributed by atoms with Crippen LogP contribution in [0.4, 0.5) is 0 Å². The zero-order chi connectivity index (χ0) is 15.1. The molecule has 1 amide bonds. The first-order valence-corrected chi connectivity index (χ1v) is 7.99. The Kier molecular flexibility index (Phi) is 5.69. The maximum absolute atomic E-state index is 12.3. The van der Waals surface area contributed by atoms with Gasteiger partial charge in [0.15, 0.2) is 0 Å². The lowest BCUT2D eigenvalue weighted by molar-refractivity contribution is -0.127. The summed E-state index contributed by atoms with van der Waals surface area (Å²) >= 11 is 1.52. The Balaban J connectivity index is 2.11. The molecule has 0 bridgehead atoms. The third-order valence-electron chi connectivity index (χ3n) is 3.38. The summed E-state index contributed by atoms with van der Waals surface area (Å²) in [5, 5.41) is 2.75. The molecule has 0 fully saturated rings. The Morgan fingerprint density at radius 3 is 2.76 bits per heavy atom. The highest BCUT2D eigenvalue weighted by molar-refractivity contribution is 7.10. The van der Waals surface area contributed by atoms with Crippen LogP contribution in [0.2, 0.25) is 0 Å². The van der Waals surface area contributed by atoms with Crippen LogP contribution in [0.25, 0.3) is 6.08 Å². The van der Waals surface area contributed by atoms with E-state index in [9.17, 15) is 4.79 Å². The molecule has 0 N–H and O–H groups in total. The fraction of sp³-hybridized carbons (Fsp3) is 0.294. The molecule has 3 nitrogen and oxygen atoms in total. The van der Waals surface area contributed by atoms with Gasteiger partial charge in [0.25, 0.3) is 0 Å². The van der Waals surface area contributed by atoms with Crippen molar-refractivity contribution >= 4 is 23.3 Å². The maximum Gasteiger partial charge on any atom is 0.246 e. The average molecular weight is 300 g/mol. The third-order valence-corrected chi connectivity index (χ3v) is 4.12. The van der Waals surface area contributed by atoms with E-state index in [2.05, 4.69) is 24.0 Å². The van der Waals surface area contributed by atoms with E-state index in [1.807, 2.05) is 35.5 Å². The molecule has 4 heteroatoms. The first kappa shape index (κ1) is 15.4. The molecule has 1 aromatic heterocycles. The van der Waals surface area contributed by atoms with E-state index in [0.29, 0.717) is 0 Å². The Bertz CT molecular complexity index is 578. The Morgan fingerprint density at radius 2 is 2.14 bits per heavy atom. The van der Waals surface area contributed by atoms with Crippen molar-refractivity contribution in [3.05, 3.63) is 58.6 Å². The van der Waals surface area contributed by atoms with Gasteiger partial charge in [0.1, 0.15) is 5.01 Å². The number of hydrogen-bond donors (Lipinski definition) is 0. The van der Waals surface area contributed by atoms with Crippen LogP contribution >= 0.6 is 11.3 Å². The number of hydrogen-bond acceptors (Lipinski definition) is 3. The van der Waals surface area contributed by atoms with Crippen LogP contribution in [0.3, 0.4) is 0 Å². The number of thiazole rings is 1. The summed E-state index contributed by atoms with van der Waals surface area (Å²) in [5.41, 5.74) is 1.18. The van der Waals surface area contributed by atoms with E-state index in [1.165, 1.54) is 16.9 Å². The third kappa shape index (κ3) is 4.26. The molecule has 0 saturated carbocycles. The van der Waals surface area contributed by atoms with E-state index in [4.69, 9.17) is 0 Å². The van der Waals surface area contributed by atoms with Gasteiger partial charge in [0.2, 0.25) is 5.91 Å². The van der Waals surface area contributed by atoms with E-state index >= 15 is 0 Å². The van der Waals surface area contributed by atoms with Gasteiger partial charge in [-0.2, -0.15) is 0 Å². The molecule has 1 unspecified atom stereocenters. The predicted octanol–water partition coefficient (Wildman–Crippen LogP) is 4.16. The highest BCUT2D eigenvalue weighted by atomic mass is 32.1. The summed E-state index contributed by atoms with van der Waals surface area (Å²) in [6.07, 6.45) is 7.11. The standard InChI is InChI=1S/C17H20N2OS/c1-3-7-15(14-8-5-4-6-9-14)19(2)17(20)11-10-16-18-12-13-21-16/h4-6,8-13,15H,3,7H2,1-2H3/b11-10+. The maximum atomic E-state index is 12.3. The zero-order valence-corrected chi connectivity index (χ0v) is 13.2. The van der Waals surface area contributed by atoms with E-state index in [0.717, 1.165) is 17.8 Å². The number of rotatable bonds is 6. The van der Waals surface area contributed by atoms with Crippen LogP contribution in [-0.4, -0.2) is 22.8 Å². The molecular formula is C17H20N2OS. The summed E-state index contributed by atoms with van der Waals surface area (Å²) in [7, 11) is 1.86. The number of carbonyl (C=O) groups excluding carboxylic acids is 1. The van der Waals surface area contributed by atoms with Crippen LogP contribution < -0.4 is 0 Å². The molecule has 21 heavy (non-hydrogen) atoms. The van der Waals surface area contributed by atoms with Gasteiger partial charge in [-0.25, -0.2) is 4.98 Å². The topological polar surface area (TPSA) is 33.2 Å². The molecule has 0 saturated heterocycles. The smallest absolute Gasteiger partial charge is 0.246 e. The van der Waals surface area contributed by atoms with Crippen molar-refractivity contribution < 1.29 is 4.79 Å². The van der Waals surface area contributed by atoms with E-state index in [1.54, 1.807) is 18.3 Å². The fourth-order valence-corrected chi connectivity index (χ4v) is 2.79. The molecule has 0 aliphatic rings. The van der Waals surface area contributed by atoms with Gasteiger partial charge in [-0.1, -0.05) is 43.7 Å². The van der Waals surface area contributed by atoms with Crippen molar-refractivity contribution in [3.63, 3.8) is 0 Å². The normalized spacial score (nSPS) is 12.5. The molecule has 0 aliphatic heterocycles. The molecule has 0 radical (unpaired) electrons. The highest BCUT2D eigenvalue weighted by Gasteiger charge is 2.19. The fourth-order valence-electron chi connectivity index (χ4n) is 2.26. The quantitative estimate of drug-likeness (QED) is 0.751. The van der Waals surface area contributed by atoms with Gasteiger partial charge >= 0.3 is 0 Å².